The topological polar surface area (TPSA) is 87.7 Å². The molecule has 2 rings (SSSR count). The van der Waals surface area contributed by atoms with Crippen LogP contribution in [0, 0.1) is 0 Å². The first kappa shape index (κ1) is 10.5. The Kier molecular flexibility index (Phi) is 3.59. The normalized spacial score (nSPS) is 19.9. The van der Waals surface area contributed by atoms with Crippen molar-refractivity contribution in [2.24, 2.45) is 0 Å². The smallest absolute Gasteiger partial charge is 0.138 e. The van der Waals surface area contributed by atoms with E-state index in [1.54, 1.807) is 0 Å². The lowest BCUT2D eigenvalue weighted by Crippen LogP contribution is -2.32. The van der Waals surface area contributed by atoms with E-state index >= 15 is 0 Å². The van der Waals surface area contributed by atoms with Crippen molar-refractivity contribution >= 4 is 5.69 Å². The summed E-state index contributed by atoms with van der Waals surface area (Å²) in [7, 11) is 1.44. The number of hydrogen-bond acceptors (Lipinski definition) is 5. The zero-order valence-corrected chi connectivity index (χ0v) is 12.7. The molecule has 5 nitrogen and oxygen atoms in total. The fourth-order valence-electron chi connectivity index (χ4n) is 1.96. The van der Waals surface area contributed by atoms with E-state index in [2.05, 4.69) is 5.32 Å². The van der Waals surface area contributed by atoms with Crippen molar-refractivity contribution in [3.63, 3.8) is 0 Å². The van der Waals surface area contributed by atoms with Crippen LogP contribution in [0.4, 0.5) is 5.69 Å². The number of aromatic hydroxyl groups is 1. The molecular weight excluding hydrogens is 292 g/mol. The minimum atomic E-state index is -3.07. The molecule has 0 spiro atoms. The van der Waals surface area contributed by atoms with Gasteiger partial charge in [-0.25, -0.2) is 0 Å². The molecule has 0 amide bonds. The quantitative estimate of drug-likeness (QED) is 0.464. The Hall–Kier alpha value is -2.24. The van der Waals surface area contributed by atoms with E-state index in [1.165, 1.54) is 49.6 Å². The van der Waals surface area contributed by atoms with Gasteiger partial charge in [-0.05, 0) is 48.6 Å². The molecule has 5 N–H and O–H groups in total. The Morgan fingerprint density at radius 1 is 1.35 bits per heavy atom. The SMILES string of the molecule is [2H]C([2H])([2H])C([2H])(NCC(O)c1ccc(O)c(N)c1)C([2H])([2H])c1ccc(OC)cc1. The fraction of sp³-hybridized carbons (Fsp3) is 0.333. The number of nitrogen functional groups attached to an aromatic ring is 1. The minimum absolute atomic E-state index is 0.0275. The number of rotatable bonds is 7. The van der Waals surface area contributed by atoms with Crippen LogP contribution < -0.4 is 15.8 Å². The monoisotopic (exact) mass is 322 g/mol. The van der Waals surface area contributed by atoms with E-state index in [0.717, 1.165) is 0 Å². The van der Waals surface area contributed by atoms with Gasteiger partial charge in [0.05, 0.1) is 18.9 Å². The maximum atomic E-state index is 10.4. The first-order chi connectivity index (χ1) is 13.3. The highest BCUT2D eigenvalue weighted by Gasteiger charge is 2.11. The Morgan fingerprint density at radius 3 is 2.70 bits per heavy atom. The molecule has 0 aromatic heterocycles. The molecule has 0 heterocycles. The van der Waals surface area contributed by atoms with Crippen LogP contribution >= 0.6 is 0 Å². The second-order valence-corrected chi connectivity index (χ2v) is 4.94. The molecule has 0 bridgehead atoms. The second-order valence-electron chi connectivity index (χ2n) is 4.94. The molecular formula is C18H24N2O3. The van der Waals surface area contributed by atoms with Crippen LogP contribution in [0.5, 0.6) is 11.5 Å². The van der Waals surface area contributed by atoms with Gasteiger partial charge in [-0.2, -0.15) is 0 Å². The zero-order valence-electron chi connectivity index (χ0n) is 18.7. The molecule has 2 unspecified atom stereocenters. The van der Waals surface area contributed by atoms with E-state index in [1.807, 2.05) is 0 Å². The number of nitrogens with two attached hydrogens (primary N) is 1. The van der Waals surface area contributed by atoms with Gasteiger partial charge in [0.1, 0.15) is 11.5 Å². The largest absolute Gasteiger partial charge is 0.506 e. The number of phenolic OH excluding ortho intramolecular Hbond substituents is 1. The van der Waals surface area contributed by atoms with Gasteiger partial charge < -0.3 is 26.0 Å². The molecule has 0 fully saturated rings. The Balaban J connectivity index is 2.32. The van der Waals surface area contributed by atoms with Crippen LogP contribution in [0.15, 0.2) is 42.5 Å². The van der Waals surface area contributed by atoms with Crippen molar-refractivity contribution in [1.82, 2.24) is 5.32 Å². The number of benzene rings is 2. The number of anilines is 1. The lowest BCUT2D eigenvalue weighted by molar-refractivity contribution is 0.170. The molecule has 124 valence electrons. The summed E-state index contributed by atoms with van der Waals surface area (Å²) in [5.74, 6) is 0.296. The van der Waals surface area contributed by atoms with Crippen LogP contribution in [0.25, 0.3) is 0 Å². The molecule has 0 aliphatic carbocycles. The van der Waals surface area contributed by atoms with Gasteiger partial charge >= 0.3 is 0 Å². The van der Waals surface area contributed by atoms with E-state index in [9.17, 15) is 10.2 Å². The Labute approximate surface area is 145 Å². The number of aliphatic hydroxyl groups excluding tert-OH is 1. The summed E-state index contributed by atoms with van der Waals surface area (Å²) in [6.07, 6.45) is -3.92. The van der Waals surface area contributed by atoms with Crippen LogP contribution in [0.1, 0.15) is 32.3 Å². The van der Waals surface area contributed by atoms with Crippen LogP contribution in [-0.4, -0.2) is 29.9 Å². The average molecular weight is 322 g/mol. The van der Waals surface area contributed by atoms with E-state index in [-0.39, 0.29) is 22.6 Å². The molecule has 0 saturated carbocycles. The summed E-state index contributed by atoms with van der Waals surface area (Å²) in [5.41, 5.74) is 5.89. The van der Waals surface area contributed by atoms with Crippen molar-refractivity contribution in [3.05, 3.63) is 53.6 Å². The maximum Gasteiger partial charge on any atom is 0.138 e. The van der Waals surface area contributed by atoms with Crippen molar-refractivity contribution in [3.8, 4) is 11.5 Å². The number of hydrogen-bond donors (Lipinski definition) is 4. The predicted octanol–water partition coefficient (Wildman–Crippen LogP) is 2.24. The summed E-state index contributed by atoms with van der Waals surface area (Å²) in [6, 6.07) is 6.89. The third kappa shape index (κ3) is 4.87. The molecule has 0 aliphatic rings. The number of phenols is 1. The molecule has 0 radical (unpaired) electrons. The number of methoxy groups -OCH3 is 1. The Morgan fingerprint density at radius 2 is 2.09 bits per heavy atom. The summed E-state index contributed by atoms with van der Waals surface area (Å²) in [4.78, 5) is 0. The molecule has 23 heavy (non-hydrogen) atoms. The predicted molar refractivity (Wildman–Crippen MR) is 91.6 cm³/mol. The highest BCUT2D eigenvalue weighted by molar-refractivity contribution is 5.53. The van der Waals surface area contributed by atoms with Gasteiger partial charge in [0.25, 0.3) is 0 Å². The van der Waals surface area contributed by atoms with E-state index < -0.39 is 31.9 Å². The van der Waals surface area contributed by atoms with Gasteiger partial charge in [0.15, 0.2) is 0 Å². The number of nitrogens with one attached hydrogen (secondary N) is 1. The number of ether oxygens (including phenoxy) is 1. The molecule has 5 heteroatoms. The lowest BCUT2D eigenvalue weighted by atomic mass is 10.1. The number of aliphatic hydroxyl groups is 1. The fourth-order valence-corrected chi connectivity index (χ4v) is 1.96. The standard InChI is InChI=1S/C18H24N2O3/c1-12(9-13-3-6-15(23-2)7-4-13)20-11-18(22)14-5-8-17(21)16(19)10-14/h3-8,10,12,18,20-22H,9,11,19H2,1-2H3/i1D3,9D2,12D. The Bertz CT molecular complexity index is 844. The third-order valence-corrected chi connectivity index (χ3v) is 3.27. The van der Waals surface area contributed by atoms with Crippen LogP contribution in [0.2, 0.25) is 0 Å². The molecule has 2 aromatic carbocycles. The summed E-state index contributed by atoms with van der Waals surface area (Å²) in [6.45, 7) is -3.49. The zero-order chi connectivity index (χ0) is 22.0. The van der Waals surface area contributed by atoms with Gasteiger partial charge in [-0.3, -0.25) is 0 Å². The van der Waals surface area contributed by atoms with Gasteiger partial charge in [0.2, 0.25) is 0 Å². The van der Waals surface area contributed by atoms with Crippen molar-refractivity contribution in [2.45, 2.75) is 25.3 Å². The first-order valence-corrected chi connectivity index (χ1v) is 6.99. The molecule has 2 aromatic rings. The van der Waals surface area contributed by atoms with Gasteiger partial charge in [0, 0.05) is 20.8 Å². The third-order valence-electron chi connectivity index (χ3n) is 3.27. The molecule has 2 atom stereocenters. The lowest BCUT2D eigenvalue weighted by Gasteiger charge is -2.18. The molecule has 0 aliphatic heterocycles. The highest BCUT2D eigenvalue weighted by Crippen LogP contribution is 2.24. The summed E-state index contributed by atoms with van der Waals surface area (Å²) < 4.78 is 53.6. The van der Waals surface area contributed by atoms with Gasteiger partial charge in [-0.1, -0.05) is 18.2 Å². The highest BCUT2D eigenvalue weighted by atomic mass is 16.5. The van der Waals surface area contributed by atoms with Crippen molar-refractivity contribution < 1.29 is 23.2 Å². The molecule has 0 saturated heterocycles. The van der Waals surface area contributed by atoms with Crippen LogP contribution in [0.3, 0.4) is 0 Å². The van der Waals surface area contributed by atoms with Crippen molar-refractivity contribution in [2.75, 3.05) is 19.4 Å². The first-order valence-electron chi connectivity index (χ1n) is 9.99. The minimum Gasteiger partial charge on any atom is -0.506 e. The second kappa shape index (κ2) is 7.85. The van der Waals surface area contributed by atoms with Crippen molar-refractivity contribution in [1.29, 1.82) is 0 Å². The van der Waals surface area contributed by atoms with Crippen LogP contribution in [-0.2, 0) is 6.37 Å². The maximum absolute atomic E-state index is 10.4. The van der Waals surface area contributed by atoms with Gasteiger partial charge in [-0.15, -0.1) is 0 Å². The average Bonchev–Trinajstić information content (AvgIpc) is 2.66. The summed E-state index contributed by atoms with van der Waals surface area (Å²) >= 11 is 0. The van der Waals surface area contributed by atoms with E-state index in [0.29, 0.717) is 5.75 Å². The van der Waals surface area contributed by atoms with E-state index in [4.69, 9.17) is 18.7 Å². The summed E-state index contributed by atoms with van der Waals surface area (Å²) in [5, 5.41) is 22.2.